The van der Waals surface area contributed by atoms with E-state index in [1.165, 1.54) is 0 Å². The number of nitrogens with two attached hydrogens (primary N) is 1. The highest BCUT2D eigenvalue weighted by Gasteiger charge is 2.12. The van der Waals surface area contributed by atoms with Gasteiger partial charge in [-0.15, -0.1) is 0 Å². The van der Waals surface area contributed by atoms with E-state index in [0.717, 1.165) is 58.3 Å². The van der Waals surface area contributed by atoms with Crippen molar-refractivity contribution >= 4 is 5.96 Å². The van der Waals surface area contributed by atoms with Gasteiger partial charge in [-0.25, -0.2) is 4.99 Å². The van der Waals surface area contributed by atoms with E-state index in [1.807, 2.05) is 0 Å². The second-order valence-corrected chi connectivity index (χ2v) is 4.16. The first kappa shape index (κ1) is 11.6. The molecule has 0 aliphatic carbocycles. The minimum atomic E-state index is -0.0817. The lowest BCUT2D eigenvalue weighted by Gasteiger charge is -2.26. The van der Waals surface area contributed by atoms with E-state index in [2.05, 4.69) is 20.5 Å². The van der Waals surface area contributed by atoms with E-state index in [9.17, 15) is 0 Å². The number of rotatable bonds is 4. The first-order chi connectivity index (χ1) is 7.84. The third-order valence-corrected chi connectivity index (χ3v) is 2.82. The van der Waals surface area contributed by atoms with Crippen LogP contribution in [0, 0.1) is 0 Å². The molecule has 0 bridgehead atoms. The SMILES string of the molecule is NC1CNC(NCCCN2CCOCC2)=N1. The number of nitrogens with zero attached hydrogens (tertiary/aromatic N) is 2. The highest BCUT2D eigenvalue weighted by atomic mass is 16.5. The van der Waals surface area contributed by atoms with Gasteiger partial charge >= 0.3 is 0 Å². The third-order valence-electron chi connectivity index (χ3n) is 2.82. The number of hydrogen-bond acceptors (Lipinski definition) is 6. The molecule has 0 aromatic carbocycles. The number of hydrogen-bond donors (Lipinski definition) is 3. The number of nitrogens with one attached hydrogen (secondary N) is 2. The average molecular weight is 227 g/mol. The summed E-state index contributed by atoms with van der Waals surface area (Å²) < 4.78 is 5.30. The predicted molar refractivity (Wildman–Crippen MR) is 63.3 cm³/mol. The monoisotopic (exact) mass is 227 g/mol. The number of aliphatic imine (C=N–C) groups is 1. The Morgan fingerprint density at radius 2 is 2.31 bits per heavy atom. The lowest BCUT2D eigenvalue weighted by molar-refractivity contribution is 0.0376. The Kier molecular flexibility index (Phi) is 4.38. The second-order valence-electron chi connectivity index (χ2n) is 4.16. The van der Waals surface area contributed by atoms with Gasteiger partial charge in [0.1, 0.15) is 6.17 Å². The molecule has 0 spiro atoms. The zero-order valence-electron chi connectivity index (χ0n) is 9.61. The van der Waals surface area contributed by atoms with Crippen molar-refractivity contribution in [3.8, 4) is 0 Å². The summed E-state index contributed by atoms with van der Waals surface area (Å²) >= 11 is 0. The summed E-state index contributed by atoms with van der Waals surface area (Å²) in [5, 5.41) is 6.38. The summed E-state index contributed by atoms with van der Waals surface area (Å²) in [5.41, 5.74) is 5.63. The van der Waals surface area contributed by atoms with E-state index >= 15 is 0 Å². The molecule has 0 amide bonds. The maximum atomic E-state index is 5.63. The van der Waals surface area contributed by atoms with Crippen LogP contribution in [0.3, 0.4) is 0 Å². The van der Waals surface area contributed by atoms with Crippen LogP contribution >= 0.6 is 0 Å². The first-order valence-electron chi connectivity index (χ1n) is 5.96. The summed E-state index contributed by atoms with van der Waals surface area (Å²) in [5.74, 6) is 0.842. The van der Waals surface area contributed by atoms with Crippen molar-refractivity contribution in [3.05, 3.63) is 0 Å². The van der Waals surface area contributed by atoms with Crippen LogP contribution in [0.15, 0.2) is 4.99 Å². The normalized spacial score (nSPS) is 26.3. The molecule has 2 rings (SSSR count). The van der Waals surface area contributed by atoms with Crippen molar-refractivity contribution in [2.45, 2.75) is 12.6 Å². The summed E-state index contributed by atoms with van der Waals surface area (Å²) in [4.78, 5) is 6.64. The molecule has 92 valence electrons. The van der Waals surface area contributed by atoms with Crippen molar-refractivity contribution in [1.82, 2.24) is 15.5 Å². The van der Waals surface area contributed by atoms with Crippen LogP contribution in [0.25, 0.3) is 0 Å². The van der Waals surface area contributed by atoms with Gasteiger partial charge in [-0.05, 0) is 13.0 Å². The number of guanidine groups is 1. The zero-order chi connectivity index (χ0) is 11.2. The summed E-state index contributed by atoms with van der Waals surface area (Å²) in [7, 11) is 0. The standard InChI is InChI=1S/C10H21N5O/c11-9-8-13-10(14-9)12-2-1-3-15-4-6-16-7-5-15/h9H,1-8,11H2,(H2,12,13,14). The minimum absolute atomic E-state index is 0.0817. The fraction of sp³-hybridized carbons (Fsp3) is 0.900. The maximum Gasteiger partial charge on any atom is 0.193 e. The number of morpholine rings is 1. The fourth-order valence-electron chi connectivity index (χ4n) is 1.90. The first-order valence-corrected chi connectivity index (χ1v) is 5.96. The number of ether oxygens (including phenoxy) is 1. The largest absolute Gasteiger partial charge is 0.379 e. The van der Waals surface area contributed by atoms with Gasteiger partial charge in [0.05, 0.1) is 19.8 Å². The van der Waals surface area contributed by atoms with Crippen LogP contribution < -0.4 is 16.4 Å². The van der Waals surface area contributed by atoms with Gasteiger partial charge in [0.25, 0.3) is 0 Å². The quantitative estimate of drug-likeness (QED) is 0.512. The van der Waals surface area contributed by atoms with Crippen LogP contribution in [0.5, 0.6) is 0 Å². The molecule has 6 heteroatoms. The highest BCUT2D eigenvalue weighted by molar-refractivity contribution is 5.81. The van der Waals surface area contributed by atoms with Gasteiger partial charge < -0.3 is 21.1 Å². The van der Waals surface area contributed by atoms with Crippen LogP contribution in [0.1, 0.15) is 6.42 Å². The smallest absolute Gasteiger partial charge is 0.193 e. The Hall–Kier alpha value is -0.850. The average Bonchev–Trinajstić information content (AvgIpc) is 2.72. The zero-order valence-corrected chi connectivity index (χ0v) is 9.61. The molecule has 0 saturated carbocycles. The minimum Gasteiger partial charge on any atom is -0.379 e. The molecule has 2 aliphatic rings. The topological polar surface area (TPSA) is 74.9 Å². The van der Waals surface area contributed by atoms with Gasteiger partial charge in [0, 0.05) is 19.6 Å². The van der Waals surface area contributed by atoms with Gasteiger partial charge in [0.2, 0.25) is 0 Å². The van der Waals surface area contributed by atoms with Gasteiger partial charge in [0.15, 0.2) is 5.96 Å². The fourth-order valence-corrected chi connectivity index (χ4v) is 1.90. The van der Waals surface area contributed by atoms with E-state index in [4.69, 9.17) is 10.5 Å². The van der Waals surface area contributed by atoms with Crippen molar-refractivity contribution < 1.29 is 4.74 Å². The second kappa shape index (κ2) is 6.03. The van der Waals surface area contributed by atoms with Crippen molar-refractivity contribution in [2.24, 2.45) is 10.7 Å². The molecule has 2 heterocycles. The van der Waals surface area contributed by atoms with Gasteiger partial charge in [-0.3, -0.25) is 4.90 Å². The van der Waals surface area contributed by atoms with Crippen molar-refractivity contribution in [1.29, 1.82) is 0 Å². The van der Waals surface area contributed by atoms with Crippen LogP contribution in [0.4, 0.5) is 0 Å². The van der Waals surface area contributed by atoms with Gasteiger partial charge in [-0.1, -0.05) is 0 Å². The molecular weight excluding hydrogens is 206 g/mol. The Labute approximate surface area is 96.2 Å². The molecule has 0 radical (unpaired) electrons. The Morgan fingerprint density at radius 1 is 1.50 bits per heavy atom. The molecule has 16 heavy (non-hydrogen) atoms. The van der Waals surface area contributed by atoms with Crippen LogP contribution in [0.2, 0.25) is 0 Å². The van der Waals surface area contributed by atoms with Gasteiger partial charge in [-0.2, -0.15) is 0 Å². The predicted octanol–water partition coefficient (Wildman–Crippen LogP) is -1.46. The van der Waals surface area contributed by atoms with Crippen LogP contribution in [-0.2, 0) is 4.74 Å². The summed E-state index contributed by atoms with van der Waals surface area (Å²) in [6.07, 6.45) is 1.04. The van der Waals surface area contributed by atoms with E-state index in [0.29, 0.717) is 0 Å². The molecule has 1 atom stereocenters. The molecule has 6 nitrogen and oxygen atoms in total. The van der Waals surface area contributed by atoms with Crippen molar-refractivity contribution in [2.75, 3.05) is 45.9 Å². The maximum absolute atomic E-state index is 5.63. The van der Waals surface area contributed by atoms with Crippen LogP contribution in [-0.4, -0.2) is 63.0 Å². The molecule has 0 aromatic heterocycles. The Balaban J connectivity index is 1.53. The molecule has 2 aliphatic heterocycles. The molecule has 1 unspecified atom stereocenters. The molecular formula is C10H21N5O. The lowest BCUT2D eigenvalue weighted by atomic mass is 10.3. The summed E-state index contributed by atoms with van der Waals surface area (Å²) in [6.45, 7) is 6.67. The molecule has 4 N–H and O–H groups in total. The van der Waals surface area contributed by atoms with E-state index in [-0.39, 0.29) is 6.17 Å². The Bertz CT molecular complexity index is 239. The summed E-state index contributed by atoms with van der Waals surface area (Å²) in [6, 6.07) is 0. The Morgan fingerprint density at radius 3 is 3.00 bits per heavy atom. The lowest BCUT2D eigenvalue weighted by Crippen LogP contribution is -2.39. The van der Waals surface area contributed by atoms with E-state index < -0.39 is 0 Å². The van der Waals surface area contributed by atoms with E-state index in [1.54, 1.807) is 0 Å². The molecule has 0 aromatic rings. The van der Waals surface area contributed by atoms with Crippen molar-refractivity contribution in [3.63, 3.8) is 0 Å². The molecule has 1 saturated heterocycles. The highest BCUT2D eigenvalue weighted by Crippen LogP contribution is 1.97. The third kappa shape index (κ3) is 3.62. The molecule has 1 fully saturated rings.